The van der Waals surface area contributed by atoms with Crippen LogP contribution in [0.4, 0.5) is 0 Å². The molecule has 29 heavy (non-hydrogen) atoms. The molecule has 0 aliphatic heterocycles. The fraction of sp³-hybridized carbons (Fsp3) is 0.450. The molecule has 0 aliphatic carbocycles. The van der Waals surface area contributed by atoms with Crippen LogP contribution in [0.15, 0.2) is 35.5 Å². The van der Waals surface area contributed by atoms with Gasteiger partial charge in [0.15, 0.2) is 5.96 Å². The number of ether oxygens (including phenoxy) is 1. The standard InChI is InChI=1S/C20H29N5O2S.HI/c1-4-17-13-24-19(28-17)10-11-22-20(21-5-2)25-14-18(26)23-12-15-6-8-16(27-3)9-7-15;/h6-9,13H,4-5,10-12,14H2,1-3H3,(H,23,26)(H2,21,22,25);1H. The predicted molar refractivity (Wildman–Crippen MR) is 129 cm³/mol. The van der Waals surface area contributed by atoms with E-state index in [9.17, 15) is 4.79 Å². The summed E-state index contributed by atoms with van der Waals surface area (Å²) in [5.74, 6) is 1.31. The van der Waals surface area contributed by atoms with E-state index in [-0.39, 0.29) is 36.4 Å². The van der Waals surface area contributed by atoms with E-state index in [1.54, 1.807) is 18.4 Å². The zero-order chi connectivity index (χ0) is 20.2. The zero-order valence-electron chi connectivity index (χ0n) is 17.2. The Hall–Kier alpha value is -1.88. The van der Waals surface area contributed by atoms with Crippen molar-refractivity contribution in [3.63, 3.8) is 0 Å². The number of nitrogens with zero attached hydrogens (tertiary/aromatic N) is 2. The van der Waals surface area contributed by atoms with Crippen LogP contribution in [0.1, 0.15) is 29.3 Å². The number of nitrogens with one attached hydrogen (secondary N) is 3. The van der Waals surface area contributed by atoms with Gasteiger partial charge in [-0.05, 0) is 31.0 Å². The van der Waals surface area contributed by atoms with E-state index >= 15 is 0 Å². The van der Waals surface area contributed by atoms with Gasteiger partial charge in [0.1, 0.15) is 12.3 Å². The van der Waals surface area contributed by atoms with Gasteiger partial charge in [0, 0.05) is 37.1 Å². The molecule has 0 fully saturated rings. The maximum Gasteiger partial charge on any atom is 0.242 e. The molecule has 0 spiro atoms. The monoisotopic (exact) mass is 531 g/mol. The molecule has 0 atom stereocenters. The molecule has 0 radical (unpaired) electrons. The fourth-order valence-corrected chi connectivity index (χ4v) is 3.27. The Labute approximate surface area is 193 Å². The topological polar surface area (TPSA) is 87.6 Å². The van der Waals surface area contributed by atoms with Gasteiger partial charge in [-0.1, -0.05) is 19.1 Å². The number of methoxy groups -OCH3 is 1. The molecule has 1 aromatic heterocycles. The van der Waals surface area contributed by atoms with Crippen molar-refractivity contribution in [2.45, 2.75) is 33.2 Å². The van der Waals surface area contributed by atoms with Crippen molar-refractivity contribution in [2.24, 2.45) is 4.99 Å². The summed E-state index contributed by atoms with van der Waals surface area (Å²) in [6, 6.07) is 7.60. The molecule has 1 amide bonds. The second kappa shape index (κ2) is 14.2. The minimum Gasteiger partial charge on any atom is -0.497 e. The van der Waals surface area contributed by atoms with Crippen LogP contribution < -0.4 is 20.7 Å². The van der Waals surface area contributed by atoms with Gasteiger partial charge in [0.2, 0.25) is 5.91 Å². The summed E-state index contributed by atoms with van der Waals surface area (Å²) in [7, 11) is 1.63. The van der Waals surface area contributed by atoms with Gasteiger partial charge in [-0.15, -0.1) is 35.3 Å². The number of carbonyl (C=O) groups is 1. The van der Waals surface area contributed by atoms with Gasteiger partial charge in [-0.2, -0.15) is 0 Å². The Morgan fingerprint density at radius 2 is 1.93 bits per heavy atom. The predicted octanol–water partition coefficient (Wildman–Crippen LogP) is 2.75. The first kappa shape index (κ1) is 25.2. The molecule has 9 heteroatoms. The Balaban J connectivity index is 0.00000420. The molecular weight excluding hydrogens is 501 g/mol. The summed E-state index contributed by atoms with van der Waals surface area (Å²) in [4.78, 5) is 22.1. The number of hydrogen-bond acceptors (Lipinski definition) is 5. The maximum atomic E-state index is 12.1. The van der Waals surface area contributed by atoms with E-state index in [4.69, 9.17) is 4.74 Å². The third-order valence-electron chi connectivity index (χ3n) is 3.95. The Morgan fingerprint density at radius 3 is 2.55 bits per heavy atom. The van der Waals surface area contributed by atoms with Crippen LogP contribution in [0, 0.1) is 0 Å². The molecule has 160 valence electrons. The summed E-state index contributed by atoms with van der Waals surface area (Å²) in [6.07, 6.45) is 3.78. The molecule has 0 saturated carbocycles. The molecule has 3 N–H and O–H groups in total. The number of aryl methyl sites for hydroxylation is 1. The lowest BCUT2D eigenvalue weighted by Gasteiger charge is -2.11. The highest BCUT2D eigenvalue weighted by atomic mass is 127. The van der Waals surface area contributed by atoms with Gasteiger partial charge in [-0.3, -0.25) is 4.79 Å². The average Bonchev–Trinajstić information content (AvgIpc) is 3.19. The first-order chi connectivity index (χ1) is 13.6. The van der Waals surface area contributed by atoms with Crippen molar-refractivity contribution in [1.82, 2.24) is 20.9 Å². The quantitative estimate of drug-likeness (QED) is 0.250. The number of guanidine groups is 1. The van der Waals surface area contributed by atoms with E-state index in [2.05, 4.69) is 32.9 Å². The zero-order valence-corrected chi connectivity index (χ0v) is 20.3. The number of rotatable bonds is 10. The minimum absolute atomic E-state index is 0. The number of halogens is 1. The van der Waals surface area contributed by atoms with E-state index in [1.807, 2.05) is 37.4 Å². The Bertz CT molecular complexity index is 764. The first-order valence-electron chi connectivity index (χ1n) is 9.50. The van der Waals surface area contributed by atoms with Gasteiger partial charge in [0.25, 0.3) is 0 Å². The van der Waals surface area contributed by atoms with E-state index < -0.39 is 0 Å². The van der Waals surface area contributed by atoms with Crippen molar-refractivity contribution in [3.05, 3.63) is 45.9 Å². The third kappa shape index (κ3) is 9.44. The lowest BCUT2D eigenvalue weighted by atomic mass is 10.2. The number of carbonyl (C=O) groups excluding carboxylic acids is 1. The highest BCUT2D eigenvalue weighted by molar-refractivity contribution is 14.0. The number of benzene rings is 1. The summed E-state index contributed by atoms with van der Waals surface area (Å²) >= 11 is 1.74. The fourth-order valence-electron chi connectivity index (χ4n) is 2.41. The van der Waals surface area contributed by atoms with E-state index in [1.165, 1.54) is 4.88 Å². The van der Waals surface area contributed by atoms with Crippen molar-refractivity contribution >= 4 is 47.2 Å². The second-order valence-electron chi connectivity index (χ2n) is 6.07. The molecule has 0 bridgehead atoms. The number of hydrogen-bond donors (Lipinski definition) is 3. The number of aromatic nitrogens is 1. The number of amides is 1. The SMILES string of the molecule is CCNC(=NCC(=O)NCc1ccc(OC)cc1)NCCc1ncc(CC)s1.I. The van der Waals surface area contributed by atoms with Crippen LogP contribution in [0.25, 0.3) is 0 Å². The van der Waals surface area contributed by atoms with Crippen LogP contribution in [0.5, 0.6) is 5.75 Å². The molecular formula is C20H30IN5O2S. The summed E-state index contributed by atoms with van der Waals surface area (Å²) in [5, 5.41) is 10.4. The van der Waals surface area contributed by atoms with Crippen LogP contribution in [0.2, 0.25) is 0 Å². The first-order valence-corrected chi connectivity index (χ1v) is 10.3. The van der Waals surface area contributed by atoms with Crippen LogP contribution in [-0.4, -0.2) is 43.6 Å². The van der Waals surface area contributed by atoms with Crippen molar-refractivity contribution in [3.8, 4) is 5.75 Å². The second-order valence-corrected chi connectivity index (χ2v) is 7.27. The molecule has 2 rings (SSSR count). The molecule has 7 nitrogen and oxygen atoms in total. The molecule has 0 aliphatic rings. The molecule has 0 saturated heterocycles. The van der Waals surface area contributed by atoms with E-state index in [0.29, 0.717) is 12.5 Å². The molecule has 2 aromatic rings. The highest BCUT2D eigenvalue weighted by Crippen LogP contribution is 2.13. The Kier molecular flexibility index (Phi) is 12.3. The summed E-state index contributed by atoms with van der Waals surface area (Å²) in [5.41, 5.74) is 1.01. The minimum atomic E-state index is -0.125. The highest BCUT2D eigenvalue weighted by Gasteiger charge is 2.04. The maximum absolute atomic E-state index is 12.1. The molecule has 0 unspecified atom stereocenters. The van der Waals surface area contributed by atoms with Crippen LogP contribution in [-0.2, 0) is 24.2 Å². The lowest BCUT2D eigenvalue weighted by Crippen LogP contribution is -2.39. The largest absolute Gasteiger partial charge is 0.497 e. The normalized spacial score (nSPS) is 10.8. The number of thiazole rings is 1. The van der Waals surface area contributed by atoms with Gasteiger partial charge in [0.05, 0.1) is 12.1 Å². The van der Waals surface area contributed by atoms with Gasteiger partial charge >= 0.3 is 0 Å². The third-order valence-corrected chi connectivity index (χ3v) is 5.16. The van der Waals surface area contributed by atoms with Crippen molar-refractivity contribution < 1.29 is 9.53 Å². The van der Waals surface area contributed by atoms with Gasteiger partial charge in [-0.25, -0.2) is 9.98 Å². The summed E-state index contributed by atoms with van der Waals surface area (Å²) in [6.45, 7) is 6.11. The summed E-state index contributed by atoms with van der Waals surface area (Å²) < 4.78 is 5.13. The smallest absolute Gasteiger partial charge is 0.242 e. The van der Waals surface area contributed by atoms with Crippen molar-refractivity contribution in [1.29, 1.82) is 0 Å². The number of aliphatic imine (C=N–C) groups is 1. The van der Waals surface area contributed by atoms with Crippen molar-refractivity contribution in [2.75, 3.05) is 26.7 Å². The van der Waals surface area contributed by atoms with E-state index in [0.717, 1.165) is 42.3 Å². The average molecular weight is 531 g/mol. The van der Waals surface area contributed by atoms with Crippen LogP contribution >= 0.6 is 35.3 Å². The molecule has 1 heterocycles. The Morgan fingerprint density at radius 1 is 1.17 bits per heavy atom. The van der Waals surface area contributed by atoms with Crippen LogP contribution in [0.3, 0.4) is 0 Å². The lowest BCUT2D eigenvalue weighted by molar-refractivity contribution is -0.119. The van der Waals surface area contributed by atoms with Gasteiger partial charge < -0.3 is 20.7 Å². The molecule has 1 aromatic carbocycles.